The zero-order chi connectivity index (χ0) is 13.8. The summed E-state index contributed by atoms with van der Waals surface area (Å²) >= 11 is 0. The third kappa shape index (κ3) is 5.06. The van der Waals surface area contributed by atoms with E-state index < -0.39 is 24.2 Å². The molecular formula is C13H19F3N2. The molecule has 18 heavy (non-hydrogen) atoms. The quantitative estimate of drug-likeness (QED) is 0.854. The molecule has 0 saturated heterocycles. The molecule has 1 rings (SSSR count). The minimum atomic E-state index is -4.15. The van der Waals surface area contributed by atoms with Crippen LogP contribution in [0.15, 0.2) is 30.3 Å². The molecule has 0 radical (unpaired) electrons. The van der Waals surface area contributed by atoms with Crippen molar-refractivity contribution < 1.29 is 13.2 Å². The van der Waals surface area contributed by atoms with Gasteiger partial charge < -0.3 is 11.1 Å². The van der Waals surface area contributed by atoms with Crippen LogP contribution in [0, 0.1) is 0 Å². The molecule has 0 aromatic heterocycles. The van der Waals surface area contributed by atoms with Crippen molar-refractivity contribution in [3.05, 3.63) is 35.9 Å². The second-order valence-corrected chi connectivity index (χ2v) is 4.88. The highest BCUT2D eigenvalue weighted by Crippen LogP contribution is 2.22. The van der Waals surface area contributed by atoms with E-state index in [2.05, 4.69) is 5.32 Å². The minimum absolute atomic E-state index is 0.300. The lowest BCUT2D eigenvalue weighted by Gasteiger charge is -2.28. The fraction of sp³-hybridized carbons (Fsp3) is 0.538. The van der Waals surface area contributed by atoms with Crippen LogP contribution in [0.4, 0.5) is 13.2 Å². The Morgan fingerprint density at radius 3 is 2.28 bits per heavy atom. The summed E-state index contributed by atoms with van der Waals surface area (Å²) in [7, 11) is 0. The SMILES string of the molecule is CC(CC(F)(F)F)NCC(C)(N)c1ccccc1. The van der Waals surface area contributed by atoms with Gasteiger partial charge in [-0.25, -0.2) is 0 Å². The second-order valence-electron chi connectivity index (χ2n) is 4.88. The van der Waals surface area contributed by atoms with Crippen LogP contribution in [-0.2, 0) is 5.54 Å². The number of halogens is 3. The van der Waals surface area contributed by atoms with E-state index in [1.807, 2.05) is 30.3 Å². The summed E-state index contributed by atoms with van der Waals surface area (Å²) in [4.78, 5) is 0. The Kier molecular flexibility index (Phi) is 4.76. The first-order valence-electron chi connectivity index (χ1n) is 5.85. The van der Waals surface area contributed by atoms with Gasteiger partial charge in [0.1, 0.15) is 0 Å². The maximum absolute atomic E-state index is 12.2. The maximum Gasteiger partial charge on any atom is 0.390 e. The zero-order valence-electron chi connectivity index (χ0n) is 10.6. The molecule has 0 aliphatic heterocycles. The Balaban J connectivity index is 2.52. The molecule has 3 N–H and O–H groups in total. The summed E-state index contributed by atoms with van der Waals surface area (Å²) in [5.41, 5.74) is 6.33. The number of rotatable bonds is 5. The van der Waals surface area contributed by atoms with Gasteiger partial charge in [0.2, 0.25) is 0 Å². The molecule has 0 amide bonds. The summed E-state index contributed by atoms with van der Waals surface area (Å²) in [6, 6.07) is 8.70. The average Bonchev–Trinajstić information content (AvgIpc) is 2.26. The van der Waals surface area contributed by atoms with Gasteiger partial charge in [-0.2, -0.15) is 13.2 Å². The van der Waals surface area contributed by atoms with Crippen molar-refractivity contribution in [3.63, 3.8) is 0 Å². The van der Waals surface area contributed by atoms with Crippen LogP contribution in [-0.4, -0.2) is 18.8 Å². The van der Waals surface area contributed by atoms with Crippen molar-refractivity contribution in [3.8, 4) is 0 Å². The van der Waals surface area contributed by atoms with E-state index in [9.17, 15) is 13.2 Å². The molecule has 5 heteroatoms. The Labute approximate surface area is 105 Å². The van der Waals surface area contributed by atoms with E-state index in [0.29, 0.717) is 6.54 Å². The molecule has 0 spiro atoms. The predicted octanol–water partition coefficient (Wildman–Crippen LogP) is 2.79. The number of alkyl halides is 3. The molecule has 1 aromatic carbocycles. The van der Waals surface area contributed by atoms with E-state index in [1.54, 1.807) is 6.92 Å². The Morgan fingerprint density at radius 1 is 1.22 bits per heavy atom. The molecule has 0 heterocycles. The van der Waals surface area contributed by atoms with Crippen molar-refractivity contribution in [2.24, 2.45) is 5.73 Å². The molecule has 2 atom stereocenters. The number of nitrogens with one attached hydrogen (secondary N) is 1. The van der Waals surface area contributed by atoms with Crippen molar-refractivity contribution in [1.29, 1.82) is 0 Å². The summed E-state index contributed by atoms with van der Waals surface area (Å²) in [6.07, 6.45) is -5.00. The van der Waals surface area contributed by atoms with Crippen molar-refractivity contribution in [1.82, 2.24) is 5.32 Å². The Bertz CT molecular complexity index is 360. The lowest BCUT2D eigenvalue weighted by atomic mass is 9.93. The molecule has 0 fully saturated rings. The van der Waals surface area contributed by atoms with Crippen molar-refractivity contribution in [2.75, 3.05) is 6.54 Å². The fourth-order valence-corrected chi connectivity index (χ4v) is 1.73. The third-order valence-electron chi connectivity index (χ3n) is 2.79. The highest BCUT2D eigenvalue weighted by atomic mass is 19.4. The minimum Gasteiger partial charge on any atom is -0.321 e. The summed E-state index contributed by atoms with van der Waals surface area (Å²) in [5.74, 6) is 0. The van der Waals surface area contributed by atoms with Gasteiger partial charge in [0.25, 0.3) is 0 Å². The monoisotopic (exact) mass is 260 g/mol. The van der Waals surface area contributed by atoms with Crippen molar-refractivity contribution >= 4 is 0 Å². The van der Waals surface area contributed by atoms with Crippen LogP contribution >= 0.6 is 0 Å². The van der Waals surface area contributed by atoms with Gasteiger partial charge in [0.15, 0.2) is 0 Å². The van der Waals surface area contributed by atoms with Crippen LogP contribution in [0.25, 0.3) is 0 Å². The number of hydrogen-bond donors (Lipinski definition) is 2. The Morgan fingerprint density at radius 2 is 1.78 bits per heavy atom. The van der Waals surface area contributed by atoms with Gasteiger partial charge in [0.05, 0.1) is 12.0 Å². The summed E-state index contributed by atoms with van der Waals surface area (Å²) in [5, 5.41) is 2.83. The molecular weight excluding hydrogens is 241 g/mol. The average molecular weight is 260 g/mol. The van der Waals surface area contributed by atoms with Gasteiger partial charge >= 0.3 is 6.18 Å². The number of nitrogens with two attached hydrogens (primary N) is 1. The normalized spacial score (nSPS) is 17.2. The van der Waals surface area contributed by atoms with Gasteiger partial charge in [-0.05, 0) is 19.4 Å². The van der Waals surface area contributed by atoms with Crippen LogP contribution < -0.4 is 11.1 Å². The molecule has 0 aliphatic carbocycles. The van der Waals surface area contributed by atoms with E-state index >= 15 is 0 Å². The first-order valence-corrected chi connectivity index (χ1v) is 5.85. The van der Waals surface area contributed by atoms with Gasteiger partial charge in [-0.3, -0.25) is 0 Å². The molecule has 1 aromatic rings. The molecule has 2 unspecified atom stereocenters. The maximum atomic E-state index is 12.2. The van der Waals surface area contributed by atoms with Crippen LogP contribution in [0.2, 0.25) is 0 Å². The van der Waals surface area contributed by atoms with Gasteiger partial charge in [-0.1, -0.05) is 30.3 Å². The molecule has 0 aliphatic rings. The van der Waals surface area contributed by atoms with E-state index in [0.717, 1.165) is 5.56 Å². The largest absolute Gasteiger partial charge is 0.390 e. The zero-order valence-corrected chi connectivity index (χ0v) is 10.6. The lowest BCUT2D eigenvalue weighted by Crippen LogP contribution is -2.46. The smallest absolute Gasteiger partial charge is 0.321 e. The highest BCUT2D eigenvalue weighted by Gasteiger charge is 2.30. The summed E-state index contributed by atoms with van der Waals surface area (Å²) < 4.78 is 36.5. The first kappa shape index (κ1) is 15.0. The lowest BCUT2D eigenvalue weighted by molar-refractivity contribution is -0.139. The topological polar surface area (TPSA) is 38.0 Å². The van der Waals surface area contributed by atoms with E-state index in [1.165, 1.54) is 6.92 Å². The van der Waals surface area contributed by atoms with Crippen LogP contribution in [0.1, 0.15) is 25.8 Å². The molecule has 0 bridgehead atoms. The van der Waals surface area contributed by atoms with E-state index in [4.69, 9.17) is 5.73 Å². The fourth-order valence-electron chi connectivity index (χ4n) is 1.73. The summed E-state index contributed by atoms with van der Waals surface area (Å²) in [6.45, 7) is 3.61. The first-order chi connectivity index (χ1) is 8.21. The van der Waals surface area contributed by atoms with Crippen LogP contribution in [0.3, 0.4) is 0 Å². The molecule has 2 nitrogen and oxygen atoms in total. The van der Waals surface area contributed by atoms with Crippen molar-refractivity contribution in [2.45, 2.75) is 38.0 Å². The molecule has 0 saturated carbocycles. The standard InChI is InChI=1S/C13H19F3N2/c1-10(8-13(14,15)16)18-9-12(2,17)11-6-4-3-5-7-11/h3-7,10,18H,8-9,17H2,1-2H3. The number of hydrogen-bond acceptors (Lipinski definition) is 2. The predicted molar refractivity (Wildman–Crippen MR) is 66.1 cm³/mol. The third-order valence-corrected chi connectivity index (χ3v) is 2.79. The van der Waals surface area contributed by atoms with Gasteiger partial charge in [-0.15, -0.1) is 0 Å². The Hall–Kier alpha value is -1.07. The van der Waals surface area contributed by atoms with E-state index in [-0.39, 0.29) is 0 Å². The highest BCUT2D eigenvalue weighted by molar-refractivity contribution is 5.23. The molecule has 102 valence electrons. The number of benzene rings is 1. The van der Waals surface area contributed by atoms with Crippen LogP contribution in [0.5, 0.6) is 0 Å². The van der Waals surface area contributed by atoms with Gasteiger partial charge in [0, 0.05) is 12.6 Å². The second kappa shape index (κ2) is 5.71.